The predicted molar refractivity (Wildman–Crippen MR) is 274 cm³/mol. The lowest BCUT2D eigenvalue weighted by Crippen LogP contribution is -2.46. The van der Waals surface area contributed by atoms with Crippen molar-refractivity contribution >= 4 is 69.1 Å². The lowest BCUT2D eigenvalue weighted by Gasteiger charge is -2.30. The highest BCUT2D eigenvalue weighted by Crippen LogP contribution is 2.61. The van der Waals surface area contributed by atoms with E-state index in [2.05, 4.69) is 41.3 Å². The van der Waals surface area contributed by atoms with Gasteiger partial charge in [-0.05, 0) is 32.1 Å². The van der Waals surface area contributed by atoms with E-state index in [4.69, 9.17) is 22.3 Å². The third-order valence-electron chi connectivity index (χ3n) is 11.7. The molecule has 7 atom stereocenters. The van der Waals surface area contributed by atoms with Crippen LogP contribution in [0.4, 0.5) is 5.82 Å². The SMILES string of the molecule is [3H]/C(CCCCCCCC)=C(\[3H])CCCCCCCCCCCCCC(=O)SCCNC(=O)CCNC(=O)[C@H](O)C(C)(C)COP(=O)(O)OP(=O)(O)OC[C@H]1O[C@@H](n2cnc3c(N)ncnc32)[C@H](O)[C@@H]1OP(=O)(O)O. The number of nitrogens with one attached hydrogen (secondary N) is 2. The molecule has 0 aliphatic carbocycles. The van der Waals surface area contributed by atoms with Crippen LogP contribution in [0, 0.1) is 5.41 Å². The zero-order valence-electron chi connectivity index (χ0n) is 44.2. The van der Waals surface area contributed by atoms with E-state index in [-0.39, 0.29) is 41.6 Å². The summed E-state index contributed by atoms with van der Waals surface area (Å²) in [4.78, 5) is 88.6. The molecule has 10 N–H and O–H groups in total. The van der Waals surface area contributed by atoms with Crippen LogP contribution in [0.2, 0.25) is 0 Å². The molecule has 2 unspecified atom stereocenters. The number of ether oxygens (including phenoxy) is 1. The second-order valence-electron chi connectivity index (χ2n) is 18.6. The van der Waals surface area contributed by atoms with Crippen LogP contribution < -0.4 is 16.4 Å². The van der Waals surface area contributed by atoms with Gasteiger partial charge in [-0.1, -0.05) is 135 Å². The first-order chi connectivity index (χ1) is 35.4. The number of carbonyl (C=O) groups is 3. The summed E-state index contributed by atoms with van der Waals surface area (Å²) in [6.07, 6.45) is 14.2. The fourth-order valence-electron chi connectivity index (χ4n) is 7.61. The number of allylic oxidation sites excluding steroid dienone is 2. The van der Waals surface area contributed by atoms with Gasteiger partial charge in [-0.15, -0.1) is 0 Å². The minimum atomic E-state index is -5.58. The van der Waals surface area contributed by atoms with E-state index in [1.807, 2.05) is 0 Å². The van der Waals surface area contributed by atoms with Gasteiger partial charge in [0.05, 0.1) is 22.3 Å². The number of aliphatic hydroxyl groups is 2. The van der Waals surface area contributed by atoms with Gasteiger partial charge >= 0.3 is 23.5 Å². The number of nitrogen functional groups attached to an aromatic ring is 1. The smallest absolute Gasteiger partial charge is 0.386 e. The van der Waals surface area contributed by atoms with Crippen LogP contribution in [-0.2, 0) is 50.7 Å². The van der Waals surface area contributed by atoms with Gasteiger partial charge in [0, 0.05) is 37.1 Å². The largest absolute Gasteiger partial charge is 0.481 e. The number of aliphatic hydroxyl groups excluding tert-OH is 2. The molecule has 2 aromatic heterocycles. The Morgan fingerprint density at radius 1 is 0.849 bits per heavy atom. The fraction of sp³-hybridized carbons (Fsp3) is 0.778. The Morgan fingerprint density at radius 3 is 2.03 bits per heavy atom. The summed E-state index contributed by atoms with van der Waals surface area (Å²) >= 11 is 1.14. The van der Waals surface area contributed by atoms with Crippen molar-refractivity contribution in [1.82, 2.24) is 30.2 Å². The second-order valence-corrected chi connectivity index (χ2v) is 23.9. The molecule has 0 bridgehead atoms. The van der Waals surface area contributed by atoms with Crippen LogP contribution >= 0.6 is 35.2 Å². The average molecular weight is 1120 g/mol. The monoisotopic (exact) mass is 1120 g/mol. The van der Waals surface area contributed by atoms with E-state index in [0.29, 0.717) is 30.7 Å². The van der Waals surface area contributed by atoms with Gasteiger partial charge in [0.15, 0.2) is 22.8 Å². The minimum Gasteiger partial charge on any atom is -0.386 e. The summed E-state index contributed by atoms with van der Waals surface area (Å²) in [5.41, 5.74) is 4.28. The van der Waals surface area contributed by atoms with E-state index in [9.17, 15) is 57.9 Å². The number of phosphoric acid groups is 3. The molecule has 1 fully saturated rings. The lowest BCUT2D eigenvalue weighted by molar-refractivity contribution is -0.137. The Hall–Kier alpha value is -2.70. The summed E-state index contributed by atoms with van der Waals surface area (Å²) in [5, 5.41) is 26.7. The number of carbonyl (C=O) groups excluding carboxylic acids is 3. The Balaban J connectivity index is 1.23. The van der Waals surface area contributed by atoms with Crippen LogP contribution in [0.25, 0.3) is 11.2 Å². The molecule has 418 valence electrons. The molecule has 0 saturated carbocycles. The number of aromatic nitrogens is 4. The average Bonchev–Trinajstić information content (AvgIpc) is 3.90. The molecular weight excluding hydrogens is 1040 g/mol. The van der Waals surface area contributed by atoms with Crippen molar-refractivity contribution < 1.29 is 83.2 Å². The van der Waals surface area contributed by atoms with E-state index in [0.717, 1.165) is 93.2 Å². The summed E-state index contributed by atoms with van der Waals surface area (Å²) in [6, 6.07) is 1.03. The van der Waals surface area contributed by atoms with Crippen LogP contribution in [-0.4, -0.2) is 123 Å². The summed E-state index contributed by atoms with van der Waals surface area (Å²) < 4.78 is 78.9. The molecule has 0 spiro atoms. The number of unbranched alkanes of at least 4 members (excludes halogenated alkanes) is 15. The number of thioether (sulfide) groups is 1. The van der Waals surface area contributed by atoms with Gasteiger partial charge in [0.2, 0.25) is 11.8 Å². The molecule has 1 aliphatic rings. The van der Waals surface area contributed by atoms with Crippen molar-refractivity contribution in [3.63, 3.8) is 0 Å². The molecule has 0 aromatic carbocycles. The minimum absolute atomic E-state index is 0.0301. The second kappa shape index (κ2) is 33.5. The molecule has 2 amide bonds. The summed E-state index contributed by atoms with van der Waals surface area (Å²) in [6.45, 7) is 2.73. The molecular formula is C45H80N7O17P3S. The number of nitrogens with zero attached hydrogens (tertiary/aromatic N) is 4. The number of anilines is 1. The van der Waals surface area contributed by atoms with E-state index < -0.39 is 84.6 Å². The van der Waals surface area contributed by atoms with Gasteiger partial charge in [-0.25, -0.2) is 28.6 Å². The molecule has 3 rings (SSSR count). The third-order valence-corrected chi connectivity index (χ3v) is 15.8. The lowest BCUT2D eigenvalue weighted by atomic mass is 9.87. The molecule has 3 heterocycles. The van der Waals surface area contributed by atoms with Gasteiger partial charge in [-0.3, -0.25) is 32.5 Å². The first-order valence-electron chi connectivity index (χ1n) is 26.1. The zero-order chi connectivity index (χ0) is 55.7. The van der Waals surface area contributed by atoms with Crippen molar-refractivity contribution in [2.45, 2.75) is 186 Å². The molecule has 24 nitrogen and oxygen atoms in total. The fourth-order valence-corrected chi connectivity index (χ4v) is 11.2. The van der Waals surface area contributed by atoms with Crippen molar-refractivity contribution in [1.29, 1.82) is 0 Å². The number of fused-ring (bicyclic) bond motifs is 1. The Morgan fingerprint density at radius 2 is 1.42 bits per heavy atom. The first-order valence-corrected chi connectivity index (χ1v) is 30.6. The molecule has 1 saturated heterocycles. The van der Waals surface area contributed by atoms with Gasteiger partial charge in [0.1, 0.15) is 36.3 Å². The predicted octanol–water partition coefficient (Wildman–Crippen LogP) is 7.04. The zero-order valence-corrected chi connectivity index (χ0v) is 45.7. The Labute approximate surface area is 435 Å². The Kier molecular flexibility index (Phi) is 28.0. The quantitative estimate of drug-likeness (QED) is 0.0183. The van der Waals surface area contributed by atoms with Gasteiger partial charge < -0.3 is 50.9 Å². The number of nitrogens with two attached hydrogens (primary N) is 1. The van der Waals surface area contributed by atoms with E-state index in [1.165, 1.54) is 65.2 Å². The highest BCUT2D eigenvalue weighted by molar-refractivity contribution is 8.13. The Bertz CT molecular complexity index is 2260. The van der Waals surface area contributed by atoms with Crippen LogP contribution in [0.3, 0.4) is 0 Å². The van der Waals surface area contributed by atoms with E-state index in [1.54, 1.807) is 0 Å². The van der Waals surface area contributed by atoms with Gasteiger partial charge in [-0.2, -0.15) is 4.31 Å². The standard InChI is InChI=1S/C45H80N7O17P3S/c1-4-5-6-7-8-9-10-11-12-13-14-15-16-17-18-19-20-21-22-23-24-25-36(54)73-29-28-47-35(53)26-27-48-43(57)40(56)45(2,3)31-66-72(63,64)69-71(61,62)65-30-34-39(68-70(58,59)60)38(55)44(67-34)52-33-51-37-41(46)49-32-50-42(37)52/h11-12,32-34,38-40,44,55-56H,4-10,13-31H2,1-3H3,(H,47,53)(H,48,57)(H,61,62)(H,63,64)(H2,46,49,50)(H2,58,59,60)/b12-11-/t34-,38-,39-,40+,44-/m1/s1/i11T,12T. The number of phosphoric ester groups is 3. The van der Waals surface area contributed by atoms with Crippen molar-refractivity contribution in [3.05, 3.63) is 24.8 Å². The maximum atomic E-state index is 12.8. The number of amides is 2. The molecule has 2 aromatic rings. The maximum absolute atomic E-state index is 12.8. The van der Waals surface area contributed by atoms with Crippen molar-refractivity contribution in [3.8, 4) is 0 Å². The topological polar surface area (TPSA) is 364 Å². The van der Waals surface area contributed by atoms with Crippen LogP contribution in [0.15, 0.2) is 24.8 Å². The normalized spacial score (nSPS) is 20.2. The highest BCUT2D eigenvalue weighted by Gasteiger charge is 2.50. The number of rotatable bonds is 40. The maximum Gasteiger partial charge on any atom is 0.481 e. The summed E-state index contributed by atoms with van der Waals surface area (Å²) in [7, 11) is -16.4. The van der Waals surface area contributed by atoms with Gasteiger partial charge in [0.25, 0.3) is 0 Å². The number of hydrogen-bond acceptors (Lipinski definition) is 18. The van der Waals surface area contributed by atoms with E-state index >= 15 is 0 Å². The third kappa shape index (κ3) is 25.8. The van der Waals surface area contributed by atoms with Crippen molar-refractivity contribution in [2.24, 2.45) is 5.41 Å². The molecule has 0 radical (unpaired) electrons. The van der Waals surface area contributed by atoms with Crippen LogP contribution in [0.5, 0.6) is 0 Å². The molecule has 73 heavy (non-hydrogen) atoms. The van der Waals surface area contributed by atoms with Crippen molar-refractivity contribution in [2.75, 3.05) is 37.8 Å². The highest BCUT2D eigenvalue weighted by atomic mass is 32.2. The molecule has 1 aliphatic heterocycles. The summed E-state index contributed by atoms with van der Waals surface area (Å²) in [5.74, 6) is -1.06. The first kappa shape index (κ1) is 61.2. The number of hydrogen-bond donors (Lipinski definition) is 9. The molecule has 28 heteroatoms. The van der Waals surface area contributed by atoms with Crippen LogP contribution in [0.1, 0.15) is 165 Å². The number of imidazole rings is 1.